The fourth-order valence-electron chi connectivity index (χ4n) is 1.69. The summed E-state index contributed by atoms with van der Waals surface area (Å²) in [6.45, 7) is 1.68. The maximum atomic E-state index is 10.7. The molecule has 2 rings (SSSR count). The van der Waals surface area contributed by atoms with Crippen molar-refractivity contribution in [2.75, 3.05) is 0 Å². The van der Waals surface area contributed by atoms with E-state index < -0.39 is 4.92 Å². The minimum Gasteiger partial charge on any atom is -0.455 e. The number of aromatic nitrogens is 1. The van der Waals surface area contributed by atoms with E-state index in [0.29, 0.717) is 11.3 Å². The topological polar surface area (TPSA) is 124 Å². The van der Waals surface area contributed by atoms with Crippen molar-refractivity contribution in [2.24, 2.45) is 10.9 Å². The van der Waals surface area contributed by atoms with Crippen LogP contribution in [0.25, 0.3) is 0 Å². The van der Waals surface area contributed by atoms with Crippen LogP contribution in [0.2, 0.25) is 0 Å². The van der Waals surface area contributed by atoms with E-state index in [4.69, 9.17) is 15.7 Å². The number of aryl methyl sites for hydroxylation is 1. The molecule has 1 aromatic carbocycles. The Bertz CT molecular complexity index is 715. The van der Waals surface area contributed by atoms with Crippen molar-refractivity contribution in [3.8, 4) is 11.5 Å². The molecule has 0 aliphatic carbocycles. The van der Waals surface area contributed by atoms with Crippen LogP contribution in [0.15, 0.2) is 41.7 Å². The van der Waals surface area contributed by atoms with Crippen LogP contribution < -0.4 is 10.5 Å². The SMILES string of the molecule is Cc1cc([N+](=O)[O-])ccc1Oc1cccnc1/C(N)=N/O. The molecular weight excluding hydrogens is 276 g/mol. The Labute approximate surface area is 119 Å². The second-order valence-corrected chi connectivity index (χ2v) is 4.14. The number of benzene rings is 1. The van der Waals surface area contributed by atoms with Crippen LogP contribution in [-0.4, -0.2) is 21.0 Å². The van der Waals surface area contributed by atoms with Gasteiger partial charge < -0.3 is 15.7 Å². The highest BCUT2D eigenvalue weighted by molar-refractivity contribution is 5.97. The minimum atomic E-state index is -0.483. The van der Waals surface area contributed by atoms with Crippen LogP contribution in [0.1, 0.15) is 11.3 Å². The monoisotopic (exact) mass is 288 g/mol. The van der Waals surface area contributed by atoms with Gasteiger partial charge in [0.2, 0.25) is 0 Å². The molecule has 21 heavy (non-hydrogen) atoms. The minimum absolute atomic E-state index is 0.0253. The molecule has 108 valence electrons. The van der Waals surface area contributed by atoms with Gasteiger partial charge in [-0.05, 0) is 30.7 Å². The molecule has 8 nitrogen and oxygen atoms in total. The second kappa shape index (κ2) is 5.87. The quantitative estimate of drug-likeness (QED) is 0.292. The highest BCUT2D eigenvalue weighted by atomic mass is 16.6. The van der Waals surface area contributed by atoms with E-state index in [9.17, 15) is 10.1 Å². The molecule has 0 unspecified atom stereocenters. The third-order valence-electron chi connectivity index (χ3n) is 2.71. The number of pyridine rings is 1. The van der Waals surface area contributed by atoms with Gasteiger partial charge in [0, 0.05) is 18.3 Å². The van der Waals surface area contributed by atoms with Crippen LogP contribution >= 0.6 is 0 Å². The number of oxime groups is 1. The number of rotatable bonds is 4. The Morgan fingerprint density at radius 3 is 2.81 bits per heavy atom. The van der Waals surface area contributed by atoms with E-state index in [0.717, 1.165) is 0 Å². The van der Waals surface area contributed by atoms with Crippen molar-refractivity contribution < 1.29 is 14.9 Å². The normalized spacial score (nSPS) is 11.2. The summed E-state index contributed by atoms with van der Waals surface area (Å²) in [6, 6.07) is 7.44. The van der Waals surface area contributed by atoms with E-state index in [1.165, 1.54) is 24.4 Å². The molecule has 2 aromatic rings. The predicted octanol–water partition coefficient (Wildman–Crippen LogP) is 2.19. The third-order valence-corrected chi connectivity index (χ3v) is 2.71. The standard InChI is InChI=1S/C13H12N4O4/c1-8-7-9(17(19)20)4-5-10(8)21-11-3-2-6-15-12(11)13(14)16-18/h2-7,18H,1H3,(H2,14,16). The Hall–Kier alpha value is -3.16. The van der Waals surface area contributed by atoms with Gasteiger partial charge in [-0.1, -0.05) is 5.16 Å². The number of hydrogen-bond acceptors (Lipinski definition) is 6. The van der Waals surface area contributed by atoms with E-state index in [1.54, 1.807) is 19.1 Å². The number of nitrogens with two attached hydrogens (primary N) is 1. The van der Waals surface area contributed by atoms with Crippen molar-refractivity contribution in [1.29, 1.82) is 0 Å². The summed E-state index contributed by atoms with van der Waals surface area (Å²) in [5.74, 6) is 0.510. The fraction of sp³-hybridized carbons (Fsp3) is 0.0769. The lowest BCUT2D eigenvalue weighted by molar-refractivity contribution is -0.384. The largest absolute Gasteiger partial charge is 0.455 e. The maximum Gasteiger partial charge on any atom is 0.269 e. The van der Waals surface area contributed by atoms with Crippen LogP contribution in [0, 0.1) is 17.0 Å². The number of amidine groups is 1. The van der Waals surface area contributed by atoms with E-state index in [-0.39, 0.29) is 23.0 Å². The molecule has 1 heterocycles. The lowest BCUT2D eigenvalue weighted by atomic mass is 10.2. The average molecular weight is 288 g/mol. The number of ether oxygens (including phenoxy) is 1. The molecule has 0 aliphatic heterocycles. The average Bonchev–Trinajstić information content (AvgIpc) is 2.49. The first-order chi connectivity index (χ1) is 10.0. The predicted molar refractivity (Wildman–Crippen MR) is 74.7 cm³/mol. The molecule has 0 bridgehead atoms. The summed E-state index contributed by atoms with van der Waals surface area (Å²) < 4.78 is 5.64. The molecular formula is C13H12N4O4. The summed E-state index contributed by atoms with van der Waals surface area (Å²) in [7, 11) is 0. The molecule has 0 atom stereocenters. The van der Waals surface area contributed by atoms with Gasteiger partial charge in [0.1, 0.15) is 5.75 Å². The van der Waals surface area contributed by atoms with Crippen LogP contribution in [0.4, 0.5) is 5.69 Å². The molecule has 1 aromatic heterocycles. The van der Waals surface area contributed by atoms with Gasteiger partial charge in [-0.15, -0.1) is 0 Å². The van der Waals surface area contributed by atoms with Gasteiger partial charge in [-0.3, -0.25) is 10.1 Å². The number of nitrogens with zero attached hydrogens (tertiary/aromatic N) is 3. The van der Waals surface area contributed by atoms with E-state index in [2.05, 4.69) is 10.1 Å². The fourth-order valence-corrected chi connectivity index (χ4v) is 1.69. The van der Waals surface area contributed by atoms with Gasteiger partial charge in [-0.2, -0.15) is 0 Å². The first-order valence-electron chi connectivity index (χ1n) is 5.88. The third kappa shape index (κ3) is 3.06. The number of non-ortho nitro benzene ring substituents is 1. The van der Waals surface area contributed by atoms with Gasteiger partial charge in [0.25, 0.3) is 5.69 Å². The van der Waals surface area contributed by atoms with Crippen molar-refractivity contribution in [3.05, 3.63) is 57.9 Å². The lowest BCUT2D eigenvalue weighted by Crippen LogP contribution is -2.16. The van der Waals surface area contributed by atoms with Crippen molar-refractivity contribution in [3.63, 3.8) is 0 Å². The van der Waals surface area contributed by atoms with Crippen molar-refractivity contribution in [2.45, 2.75) is 6.92 Å². The van der Waals surface area contributed by atoms with Gasteiger partial charge in [-0.25, -0.2) is 4.98 Å². The van der Waals surface area contributed by atoms with Crippen molar-refractivity contribution >= 4 is 11.5 Å². The van der Waals surface area contributed by atoms with Crippen LogP contribution in [0.5, 0.6) is 11.5 Å². The summed E-state index contributed by atoms with van der Waals surface area (Å²) in [5.41, 5.74) is 6.25. The molecule has 8 heteroatoms. The Balaban J connectivity index is 2.37. The Morgan fingerprint density at radius 1 is 1.43 bits per heavy atom. The van der Waals surface area contributed by atoms with Gasteiger partial charge in [0.05, 0.1) is 4.92 Å². The zero-order valence-electron chi connectivity index (χ0n) is 11.1. The smallest absolute Gasteiger partial charge is 0.269 e. The maximum absolute atomic E-state index is 10.7. The Morgan fingerprint density at radius 2 is 2.19 bits per heavy atom. The Kier molecular flexibility index (Phi) is 3.98. The summed E-state index contributed by atoms with van der Waals surface area (Å²) in [6.07, 6.45) is 1.48. The molecule has 0 saturated carbocycles. The highest BCUT2D eigenvalue weighted by Gasteiger charge is 2.13. The summed E-state index contributed by atoms with van der Waals surface area (Å²) in [5, 5.41) is 22.3. The van der Waals surface area contributed by atoms with Crippen LogP contribution in [-0.2, 0) is 0 Å². The van der Waals surface area contributed by atoms with E-state index in [1.807, 2.05) is 0 Å². The number of hydrogen-bond donors (Lipinski definition) is 2. The summed E-state index contributed by atoms with van der Waals surface area (Å²) >= 11 is 0. The molecule has 3 N–H and O–H groups in total. The van der Waals surface area contributed by atoms with E-state index >= 15 is 0 Å². The molecule has 0 amide bonds. The highest BCUT2D eigenvalue weighted by Crippen LogP contribution is 2.29. The summed E-state index contributed by atoms with van der Waals surface area (Å²) in [4.78, 5) is 14.2. The number of nitro groups is 1. The van der Waals surface area contributed by atoms with Crippen LogP contribution in [0.3, 0.4) is 0 Å². The molecule has 0 aliphatic rings. The first kappa shape index (κ1) is 14.3. The van der Waals surface area contributed by atoms with Crippen molar-refractivity contribution in [1.82, 2.24) is 4.98 Å². The first-order valence-corrected chi connectivity index (χ1v) is 5.88. The zero-order valence-corrected chi connectivity index (χ0v) is 11.1. The number of nitro benzene ring substituents is 1. The lowest BCUT2D eigenvalue weighted by Gasteiger charge is -2.11. The molecule has 0 spiro atoms. The molecule has 0 radical (unpaired) electrons. The molecule has 0 saturated heterocycles. The van der Waals surface area contributed by atoms with Gasteiger partial charge in [0.15, 0.2) is 17.3 Å². The van der Waals surface area contributed by atoms with Gasteiger partial charge >= 0.3 is 0 Å². The zero-order chi connectivity index (χ0) is 15.4. The molecule has 0 fully saturated rings. The second-order valence-electron chi connectivity index (χ2n) is 4.14.